The van der Waals surface area contributed by atoms with Crippen molar-refractivity contribution in [2.75, 3.05) is 4.90 Å². The molecular weight excluding hydrogens is 691 g/mol. The van der Waals surface area contributed by atoms with Gasteiger partial charge in [-0.05, 0) is 111 Å². The Morgan fingerprint density at radius 2 is 1.35 bits per heavy atom. The van der Waals surface area contributed by atoms with Crippen LogP contribution in [0.5, 0.6) is 0 Å². The molecule has 0 unspecified atom stereocenters. The SMILES string of the molecule is C[C@@]1(c2ccc(-c3ccccc3)cc2)C=CC(N(c2ccc3ccccc3c2)c2cccc3oc4c5c(c(-c6cccc7ccccc67)cc4c23)CCC=C5)=CC1. The lowest BCUT2D eigenvalue weighted by molar-refractivity contribution is 0.595. The van der Waals surface area contributed by atoms with E-state index in [2.05, 4.69) is 206 Å². The Labute approximate surface area is 333 Å². The molecule has 0 N–H and O–H groups in total. The summed E-state index contributed by atoms with van der Waals surface area (Å²) in [6.07, 6.45) is 14.6. The Hall–Kier alpha value is -6.90. The number of nitrogens with zero attached hydrogens (tertiary/aromatic N) is 1. The molecule has 0 saturated carbocycles. The first-order valence-electron chi connectivity index (χ1n) is 20.1. The minimum Gasteiger partial charge on any atom is -0.455 e. The molecule has 1 heterocycles. The van der Waals surface area contributed by atoms with Gasteiger partial charge in [0.15, 0.2) is 0 Å². The molecule has 0 saturated heterocycles. The van der Waals surface area contributed by atoms with Gasteiger partial charge in [0.25, 0.3) is 0 Å². The van der Waals surface area contributed by atoms with Crippen LogP contribution in [0.4, 0.5) is 11.4 Å². The van der Waals surface area contributed by atoms with Crippen molar-refractivity contribution in [1.29, 1.82) is 0 Å². The largest absolute Gasteiger partial charge is 0.455 e. The minimum atomic E-state index is -0.138. The maximum atomic E-state index is 6.93. The fraction of sp³-hybridized carbons (Fsp3) is 0.0909. The number of anilines is 2. The molecule has 2 nitrogen and oxygen atoms in total. The molecule has 9 aromatic rings. The molecule has 2 aliphatic rings. The second-order valence-electron chi connectivity index (χ2n) is 15.8. The van der Waals surface area contributed by atoms with Crippen LogP contribution in [-0.4, -0.2) is 0 Å². The van der Waals surface area contributed by atoms with E-state index in [-0.39, 0.29) is 5.41 Å². The molecule has 2 aliphatic carbocycles. The third-order valence-corrected chi connectivity index (χ3v) is 12.3. The highest BCUT2D eigenvalue weighted by Crippen LogP contribution is 2.48. The molecule has 2 heteroatoms. The molecule has 0 radical (unpaired) electrons. The van der Waals surface area contributed by atoms with Crippen molar-refractivity contribution in [3.63, 3.8) is 0 Å². The van der Waals surface area contributed by atoms with Gasteiger partial charge in [-0.3, -0.25) is 0 Å². The highest BCUT2D eigenvalue weighted by Gasteiger charge is 2.29. The van der Waals surface area contributed by atoms with Gasteiger partial charge < -0.3 is 9.32 Å². The molecule has 0 spiro atoms. The zero-order valence-electron chi connectivity index (χ0n) is 32.0. The number of rotatable bonds is 6. The molecular formula is C55H41NO. The summed E-state index contributed by atoms with van der Waals surface area (Å²) in [4.78, 5) is 2.45. The lowest BCUT2D eigenvalue weighted by atomic mass is 9.76. The van der Waals surface area contributed by atoms with E-state index in [1.165, 1.54) is 60.5 Å². The Bertz CT molecular complexity index is 3100. The van der Waals surface area contributed by atoms with E-state index >= 15 is 0 Å². The molecule has 0 amide bonds. The van der Waals surface area contributed by atoms with E-state index < -0.39 is 0 Å². The van der Waals surface area contributed by atoms with Crippen LogP contribution in [0.25, 0.3) is 71.8 Å². The second-order valence-corrected chi connectivity index (χ2v) is 15.8. The third-order valence-electron chi connectivity index (χ3n) is 12.3. The van der Waals surface area contributed by atoms with E-state index in [9.17, 15) is 0 Å². The van der Waals surface area contributed by atoms with Crippen molar-refractivity contribution in [2.45, 2.75) is 31.6 Å². The second kappa shape index (κ2) is 13.4. The highest BCUT2D eigenvalue weighted by atomic mass is 16.3. The van der Waals surface area contributed by atoms with Gasteiger partial charge in [0.05, 0.1) is 11.1 Å². The summed E-state index contributed by atoms with van der Waals surface area (Å²) in [7, 11) is 0. The van der Waals surface area contributed by atoms with Crippen molar-refractivity contribution in [2.24, 2.45) is 0 Å². The van der Waals surface area contributed by atoms with Crippen LogP contribution in [0.15, 0.2) is 198 Å². The maximum absolute atomic E-state index is 6.93. The standard InChI is InChI=1S/C55H41NO/c1-55(42-28-25-39(26-29-42)37-13-3-2-4-14-37)33-31-43(32-34-55)56(44-30-27-38-15-5-6-17-41(38)35-44)51-23-12-24-52-53(51)50-36-49(47-20-9-10-21-48(47)54(50)57-52)46-22-11-18-40-16-7-8-19-45(40)46/h2-8,10-19,21-33,35-36H,9,20,34H2,1H3/t55-/m1/s1. The van der Waals surface area contributed by atoms with Crippen LogP contribution >= 0.6 is 0 Å². The Morgan fingerprint density at radius 1 is 0.596 bits per heavy atom. The molecule has 11 rings (SSSR count). The zero-order chi connectivity index (χ0) is 37.9. The first-order valence-corrected chi connectivity index (χ1v) is 20.1. The predicted octanol–water partition coefficient (Wildman–Crippen LogP) is 15.1. The average molecular weight is 732 g/mol. The van der Waals surface area contributed by atoms with E-state index in [1.807, 2.05) is 0 Å². The normalized spacial score (nSPS) is 16.3. The summed E-state index contributed by atoms with van der Waals surface area (Å²) in [5.41, 5.74) is 14.0. The zero-order valence-corrected chi connectivity index (χ0v) is 32.0. The fourth-order valence-electron chi connectivity index (χ4n) is 9.29. The van der Waals surface area contributed by atoms with E-state index in [0.29, 0.717) is 0 Å². The monoisotopic (exact) mass is 731 g/mol. The maximum Gasteiger partial charge on any atom is 0.143 e. The van der Waals surface area contributed by atoms with Crippen LogP contribution in [-0.2, 0) is 11.8 Å². The average Bonchev–Trinajstić information content (AvgIpc) is 3.67. The van der Waals surface area contributed by atoms with Gasteiger partial charge in [0.2, 0.25) is 0 Å². The summed E-state index contributed by atoms with van der Waals surface area (Å²) < 4.78 is 6.93. The van der Waals surface area contributed by atoms with Crippen LogP contribution < -0.4 is 4.90 Å². The van der Waals surface area contributed by atoms with Crippen LogP contribution in [0.2, 0.25) is 0 Å². The number of hydrogen-bond acceptors (Lipinski definition) is 2. The van der Waals surface area contributed by atoms with Gasteiger partial charge in [-0.25, -0.2) is 0 Å². The van der Waals surface area contributed by atoms with Crippen LogP contribution in [0.1, 0.15) is 36.5 Å². The third kappa shape index (κ3) is 5.63. The van der Waals surface area contributed by atoms with Gasteiger partial charge >= 0.3 is 0 Å². The molecule has 0 aliphatic heterocycles. The molecule has 0 bridgehead atoms. The van der Waals surface area contributed by atoms with E-state index in [0.717, 1.165) is 58.3 Å². The number of fused-ring (bicyclic) bond motifs is 7. The Balaban J connectivity index is 1.09. The van der Waals surface area contributed by atoms with Gasteiger partial charge in [0.1, 0.15) is 11.2 Å². The summed E-state index contributed by atoms with van der Waals surface area (Å²) in [6, 6.07) is 59.6. The van der Waals surface area contributed by atoms with Crippen LogP contribution in [0.3, 0.4) is 0 Å². The van der Waals surface area contributed by atoms with Gasteiger partial charge in [-0.2, -0.15) is 0 Å². The molecule has 57 heavy (non-hydrogen) atoms. The Kier molecular flexibility index (Phi) is 7.86. The fourth-order valence-corrected chi connectivity index (χ4v) is 9.29. The van der Waals surface area contributed by atoms with Crippen LogP contribution in [0, 0.1) is 0 Å². The summed E-state index contributed by atoms with van der Waals surface area (Å²) >= 11 is 0. The minimum absolute atomic E-state index is 0.138. The number of hydrogen-bond donors (Lipinski definition) is 0. The van der Waals surface area contributed by atoms with Gasteiger partial charge in [0, 0.05) is 27.7 Å². The molecule has 0 fully saturated rings. The first-order chi connectivity index (χ1) is 28.1. The molecule has 272 valence electrons. The van der Waals surface area contributed by atoms with Crippen molar-refractivity contribution in [1.82, 2.24) is 0 Å². The number of allylic oxidation sites excluding steroid dienone is 4. The quantitative estimate of drug-likeness (QED) is 0.169. The lowest BCUT2D eigenvalue weighted by Gasteiger charge is -2.34. The lowest BCUT2D eigenvalue weighted by Crippen LogP contribution is -2.24. The Morgan fingerprint density at radius 3 is 2.19 bits per heavy atom. The summed E-state index contributed by atoms with van der Waals surface area (Å²) in [5, 5.41) is 7.24. The molecule has 8 aromatic carbocycles. The summed E-state index contributed by atoms with van der Waals surface area (Å²) in [6.45, 7) is 2.35. The van der Waals surface area contributed by atoms with Crippen molar-refractivity contribution in [3.05, 3.63) is 210 Å². The topological polar surface area (TPSA) is 16.4 Å². The first kappa shape index (κ1) is 33.4. The molecule has 1 aromatic heterocycles. The van der Waals surface area contributed by atoms with Crippen molar-refractivity contribution < 1.29 is 4.42 Å². The van der Waals surface area contributed by atoms with Crippen molar-refractivity contribution in [3.8, 4) is 22.3 Å². The smallest absolute Gasteiger partial charge is 0.143 e. The van der Waals surface area contributed by atoms with Crippen molar-refractivity contribution >= 4 is 60.9 Å². The predicted molar refractivity (Wildman–Crippen MR) is 241 cm³/mol. The van der Waals surface area contributed by atoms with Gasteiger partial charge in [-0.1, -0.05) is 165 Å². The van der Waals surface area contributed by atoms with E-state index in [4.69, 9.17) is 4.42 Å². The summed E-state index contributed by atoms with van der Waals surface area (Å²) in [5.74, 6) is 0. The van der Waals surface area contributed by atoms with Gasteiger partial charge in [-0.15, -0.1) is 0 Å². The highest BCUT2D eigenvalue weighted by molar-refractivity contribution is 6.17. The molecule has 1 atom stereocenters. The van der Waals surface area contributed by atoms with E-state index in [1.54, 1.807) is 0 Å². The number of benzene rings is 8. The number of furan rings is 1.